The van der Waals surface area contributed by atoms with Crippen molar-refractivity contribution in [1.29, 1.82) is 0 Å². The molecule has 0 aliphatic carbocycles. The van der Waals surface area contributed by atoms with E-state index in [-0.39, 0.29) is 6.04 Å². The van der Waals surface area contributed by atoms with Crippen LogP contribution in [0.15, 0.2) is 53.4 Å². The Kier molecular flexibility index (Phi) is 5.69. The Morgan fingerprint density at radius 2 is 1.75 bits per heavy atom. The molecule has 2 aromatic carbocycles. The van der Waals surface area contributed by atoms with Crippen molar-refractivity contribution in [2.75, 3.05) is 5.75 Å². The van der Waals surface area contributed by atoms with E-state index in [9.17, 15) is 0 Å². The van der Waals surface area contributed by atoms with Gasteiger partial charge in [-0.1, -0.05) is 56.7 Å². The predicted molar refractivity (Wildman–Crippen MR) is 89.3 cm³/mol. The summed E-state index contributed by atoms with van der Waals surface area (Å²) in [6.45, 7) is 4.38. The average Bonchev–Trinajstić information content (AvgIpc) is 2.48. The average molecular weight is 285 g/mol. The van der Waals surface area contributed by atoms with Crippen LogP contribution in [-0.4, -0.2) is 5.75 Å². The van der Waals surface area contributed by atoms with Crippen LogP contribution in [0, 0.1) is 0 Å². The Balaban J connectivity index is 2.17. The van der Waals surface area contributed by atoms with E-state index in [0.29, 0.717) is 0 Å². The number of hydrogen-bond donors (Lipinski definition) is 1. The first-order valence-corrected chi connectivity index (χ1v) is 8.30. The number of rotatable bonds is 6. The molecule has 0 fully saturated rings. The number of nitrogens with two attached hydrogens (primary N) is 1. The first-order chi connectivity index (χ1) is 9.74. The number of thioether (sulfide) groups is 1. The zero-order chi connectivity index (χ0) is 14.4. The minimum absolute atomic E-state index is 0.0347. The van der Waals surface area contributed by atoms with Crippen molar-refractivity contribution < 1.29 is 0 Å². The highest BCUT2D eigenvalue weighted by molar-refractivity contribution is 7.99. The smallest absolute Gasteiger partial charge is 0.0551 e. The molecule has 2 heteroatoms. The third-order valence-electron chi connectivity index (χ3n) is 3.40. The van der Waals surface area contributed by atoms with E-state index in [1.165, 1.54) is 28.0 Å². The standard InChI is InChI=1S/C18H23NS/c1-3-6-14-7-5-8-16(13-14)18(19)15-9-11-17(12-10-15)20-4-2/h5,7-13,18H,3-4,6,19H2,1-2H3. The van der Waals surface area contributed by atoms with Crippen LogP contribution >= 0.6 is 11.8 Å². The summed E-state index contributed by atoms with van der Waals surface area (Å²) in [5, 5.41) is 0. The summed E-state index contributed by atoms with van der Waals surface area (Å²) in [6.07, 6.45) is 2.29. The van der Waals surface area contributed by atoms with Gasteiger partial charge >= 0.3 is 0 Å². The zero-order valence-electron chi connectivity index (χ0n) is 12.3. The number of hydrogen-bond acceptors (Lipinski definition) is 2. The van der Waals surface area contributed by atoms with Gasteiger partial charge in [-0.2, -0.15) is 0 Å². The van der Waals surface area contributed by atoms with E-state index < -0.39 is 0 Å². The van der Waals surface area contributed by atoms with E-state index in [4.69, 9.17) is 5.73 Å². The molecule has 0 bridgehead atoms. The molecule has 0 aliphatic heterocycles. The summed E-state index contributed by atoms with van der Waals surface area (Å²) in [4.78, 5) is 1.31. The highest BCUT2D eigenvalue weighted by atomic mass is 32.2. The van der Waals surface area contributed by atoms with Crippen LogP contribution in [0.2, 0.25) is 0 Å². The van der Waals surface area contributed by atoms with Crippen molar-refractivity contribution in [3.05, 3.63) is 65.2 Å². The van der Waals surface area contributed by atoms with Gasteiger partial charge in [0.05, 0.1) is 6.04 Å². The molecule has 0 amide bonds. The molecule has 1 nitrogen and oxygen atoms in total. The normalized spacial score (nSPS) is 12.3. The summed E-state index contributed by atoms with van der Waals surface area (Å²) >= 11 is 1.86. The van der Waals surface area contributed by atoms with Crippen LogP contribution in [0.3, 0.4) is 0 Å². The van der Waals surface area contributed by atoms with Crippen LogP contribution in [0.1, 0.15) is 43.0 Å². The highest BCUT2D eigenvalue weighted by Crippen LogP contribution is 2.24. The molecule has 0 aliphatic rings. The molecular weight excluding hydrogens is 262 g/mol. The van der Waals surface area contributed by atoms with E-state index in [1.54, 1.807) is 0 Å². The minimum atomic E-state index is -0.0347. The van der Waals surface area contributed by atoms with Crippen LogP contribution < -0.4 is 5.73 Å². The molecule has 0 saturated heterocycles. The summed E-state index contributed by atoms with van der Waals surface area (Å²) < 4.78 is 0. The summed E-state index contributed by atoms with van der Waals surface area (Å²) in [5.74, 6) is 1.10. The lowest BCUT2D eigenvalue weighted by molar-refractivity contribution is 0.857. The van der Waals surface area contributed by atoms with Gasteiger partial charge in [0.25, 0.3) is 0 Å². The van der Waals surface area contributed by atoms with Gasteiger partial charge < -0.3 is 5.73 Å². The number of benzene rings is 2. The van der Waals surface area contributed by atoms with E-state index in [2.05, 4.69) is 62.4 Å². The molecule has 20 heavy (non-hydrogen) atoms. The summed E-state index contributed by atoms with van der Waals surface area (Å²) in [5.41, 5.74) is 10.2. The lowest BCUT2D eigenvalue weighted by Crippen LogP contribution is -2.12. The maximum absolute atomic E-state index is 6.40. The van der Waals surface area contributed by atoms with E-state index >= 15 is 0 Å². The minimum Gasteiger partial charge on any atom is -0.320 e. The van der Waals surface area contributed by atoms with Crippen molar-refractivity contribution in [2.45, 2.75) is 37.6 Å². The lowest BCUT2D eigenvalue weighted by atomic mass is 9.97. The summed E-state index contributed by atoms with van der Waals surface area (Å²) in [7, 11) is 0. The predicted octanol–water partition coefficient (Wildman–Crippen LogP) is 4.80. The van der Waals surface area contributed by atoms with Gasteiger partial charge in [0, 0.05) is 4.90 Å². The third-order valence-corrected chi connectivity index (χ3v) is 4.29. The SMILES string of the molecule is CCCc1cccc(C(N)c2ccc(SCC)cc2)c1. The molecule has 2 rings (SSSR count). The molecule has 1 atom stereocenters. The molecule has 2 aromatic rings. The fraction of sp³-hybridized carbons (Fsp3) is 0.333. The van der Waals surface area contributed by atoms with Gasteiger partial charge in [-0.25, -0.2) is 0 Å². The molecule has 0 aromatic heterocycles. The van der Waals surface area contributed by atoms with Crippen LogP contribution in [0.25, 0.3) is 0 Å². The Hall–Kier alpha value is -1.25. The molecule has 106 valence electrons. The maximum Gasteiger partial charge on any atom is 0.0551 e. The van der Waals surface area contributed by atoms with Gasteiger partial charge in [-0.05, 0) is 41.0 Å². The topological polar surface area (TPSA) is 26.0 Å². The van der Waals surface area contributed by atoms with Crippen molar-refractivity contribution in [3.63, 3.8) is 0 Å². The lowest BCUT2D eigenvalue weighted by Gasteiger charge is -2.14. The molecule has 0 radical (unpaired) electrons. The molecule has 0 heterocycles. The monoisotopic (exact) mass is 285 g/mol. The Labute approximate surface area is 126 Å². The molecule has 1 unspecified atom stereocenters. The Morgan fingerprint density at radius 1 is 1.00 bits per heavy atom. The Bertz CT molecular complexity index is 533. The van der Waals surface area contributed by atoms with Crippen molar-refractivity contribution in [3.8, 4) is 0 Å². The second-order valence-corrected chi connectivity index (χ2v) is 6.31. The number of aryl methyl sites for hydroxylation is 1. The maximum atomic E-state index is 6.40. The fourth-order valence-electron chi connectivity index (χ4n) is 2.36. The van der Waals surface area contributed by atoms with Crippen LogP contribution in [0.5, 0.6) is 0 Å². The van der Waals surface area contributed by atoms with E-state index in [1.807, 2.05) is 11.8 Å². The Morgan fingerprint density at radius 3 is 2.40 bits per heavy atom. The second kappa shape index (κ2) is 7.51. The van der Waals surface area contributed by atoms with Gasteiger partial charge in [-0.15, -0.1) is 11.8 Å². The van der Waals surface area contributed by atoms with Crippen molar-refractivity contribution >= 4 is 11.8 Å². The van der Waals surface area contributed by atoms with Gasteiger partial charge in [-0.3, -0.25) is 0 Å². The van der Waals surface area contributed by atoms with E-state index in [0.717, 1.165) is 12.2 Å². The van der Waals surface area contributed by atoms with Gasteiger partial charge in [0.1, 0.15) is 0 Å². The zero-order valence-corrected chi connectivity index (χ0v) is 13.1. The van der Waals surface area contributed by atoms with Crippen LogP contribution in [-0.2, 0) is 6.42 Å². The second-order valence-electron chi connectivity index (χ2n) is 4.97. The largest absolute Gasteiger partial charge is 0.320 e. The molecule has 0 saturated carbocycles. The van der Waals surface area contributed by atoms with Crippen LogP contribution in [0.4, 0.5) is 0 Å². The van der Waals surface area contributed by atoms with Gasteiger partial charge in [0.2, 0.25) is 0 Å². The summed E-state index contributed by atoms with van der Waals surface area (Å²) in [6, 6.07) is 17.2. The quantitative estimate of drug-likeness (QED) is 0.772. The molecule has 0 spiro atoms. The molecular formula is C18H23NS. The van der Waals surface area contributed by atoms with Crippen molar-refractivity contribution in [1.82, 2.24) is 0 Å². The van der Waals surface area contributed by atoms with Crippen molar-refractivity contribution in [2.24, 2.45) is 5.73 Å². The third kappa shape index (κ3) is 3.87. The first-order valence-electron chi connectivity index (χ1n) is 7.31. The van der Waals surface area contributed by atoms with Gasteiger partial charge in [0.15, 0.2) is 0 Å². The highest BCUT2D eigenvalue weighted by Gasteiger charge is 2.09. The molecule has 2 N–H and O–H groups in total. The first kappa shape index (κ1) is 15.1. The fourth-order valence-corrected chi connectivity index (χ4v) is 3.02.